The van der Waals surface area contributed by atoms with Crippen LogP contribution in [0.3, 0.4) is 0 Å². The smallest absolute Gasteiger partial charge is 0.270 e. The van der Waals surface area contributed by atoms with E-state index in [0.717, 1.165) is 25.1 Å². The molecular weight excluding hydrogens is 238 g/mol. The van der Waals surface area contributed by atoms with Crippen LogP contribution in [0.5, 0.6) is 0 Å². The maximum Gasteiger partial charge on any atom is 0.270 e. The van der Waals surface area contributed by atoms with Crippen LogP contribution < -0.4 is 0 Å². The number of amides is 1. The molecule has 0 aromatic carbocycles. The summed E-state index contributed by atoms with van der Waals surface area (Å²) in [5, 5.41) is 0. The van der Waals surface area contributed by atoms with E-state index in [1.165, 1.54) is 19.4 Å². The molecule has 0 unspecified atom stereocenters. The van der Waals surface area contributed by atoms with Crippen LogP contribution >= 0.6 is 0 Å². The predicted molar refractivity (Wildman–Crippen MR) is 75.1 cm³/mol. The van der Waals surface area contributed by atoms with Crippen LogP contribution in [0.4, 0.5) is 0 Å². The minimum absolute atomic E-state index is 0.204. The third-order valence-electron chi connectivity index (χ3n) is 4.74. The fourth-order valence-corrected chi connectivity index (χ4v) is 3.70. The molecule has 2 atom stereocenters. The number of aryl methyl sites for hydroxylation is 1. The zero-order valence-electron chi connectivity index (χ0n) is 11.9. The van der Waals surface area contributed by atoms with E-state index in [1.54, 1.807) is 0 Å². The Labute approximate surface area is 115 Å². The highest BCUT2D eigenvalue weighted by molar-refractivity contribution is 5.93. The maximum atomic E-state index is 12.7. The van der Waals surface area contributed by atoms with Gasteiger partial charge in [0.15, 0.2) is 0 Å². The van der Waals surface area contributed by atoms with Gasteiger partial charge < -0.3 is 14.4 Å². The lowest BCUT2D eigenvalue weighted by molar-refractivity contribution is 0.0655. The van der Waals surface area contributed by atoms with Gasteiger partial charge in [-0.05, 0) is 51.4 Å². The highest BCUT2D eigenvalue weighted by Gasteiger charge is 2.38. The first kappa shape index (κ1) is 12.7. The average Bonchev–Trinajstić information content (AvgIpc) is 3.07. The van der Waals surface area contributed by atoms with E-state index in [2.05, 4.69) is 16.8 Å². The predicted octanol–water partition coefficient (Wildman–Crippen LogP) is 1.72. The number of likely N-dealkylation sites (tertiary alicyclic amines) is 2. The second-order valence-corrected chi connectivity index (χ2v) is 5.90. The lowest BCUT2D eigenvalue weighted by atomic mass is 10.0. The molecule has 4 heteroatoms. The Kier molecular flexibility index (Phi) is 3.35. The highest BCUT2D eigenvalue weighted by atomic mass is 16.2. The molecule has 1 amide bonds. The highest BCUT2D eigenvalue weighted by Crippen LogP contribution is 2.30. The van der Waals surface area contributed by atoms with Crippen molar-refractivity contribution in [2.45, 2.75) is 37.8 Å². The Morgan fingerprint density at radius 1 is 1.16 bits per heavy atom. The molecule has 1 aromatic rings. The van der Waals surface area contributed by atoms with Gasteiger partial charge in [0.2, 0.25) is 0 Å². The largest absolute Gasteiger partial charge is 0.347 e. The molecule has 0 N–H and O–H groups in total. The van der Waals surface area contributed by atoms with Crippen LogP contribution in [0, 0.1) is 0 Å². The van der Waals surface area contributed by atoms with Gasteiger partial charge in [0.1, 0.15) is 5.69 Å². The first-order valence-corrected chi connectivity index (χ1v) is 7.31. The van der Waals surface area contributed by atoms with Crippen molar-refractivity contribution in [1.82, 2.24) is 14.4 Å². The zero-order chi connectivity index (χ0) is 13.4. The second-order valence-electron chi connectivity index (χ2n) is 5.90. The topological polar surface area (TPSA) is 28.5 Å². The average molecular weight is 261 g/mol. The SMILES string of the molecule is CN1CCC[C@H]1[C@@H]1CCCN1C(=O)c1cccn1C. The summed E-state index contributed by atoms with van der Waals surface area (Å²) in [6, 6.07) is 4.84. The zero-order valence-corrected chi connectivity index (χ0v) is 11.9. The number of rotatable bonds is 2. The molecule has 1 aromatic heterocycles. The third-order valence-corrected chi connectivity index (χ3v) is 4.74. The minimum atomic E-state index is 0.204. The van der Waals surface area contributed by atoms with Crippen LogP contribution in [0.1, 0.15) is 36.2 Å². The normalized spacial score (nSPS) is 28.2. The van der Waals surface area contributed by atoms with Crippen LogP contribution in [-0.4, -0.2) is 52.5 Å². The molecule has 2 aliphatic rings. The molecule has 104 valence electrons. The molecule has 2 aliphatic heterocycles. The minimum Gasteiger partial charge on any atom is -0.347 e. The number of aromatic nitrogens is 1. The molecule has 0 saturated carbocycles. The van der Waals surface area contributed by atoms with Crippen molar-refractivity contribution in [2.24, 2.45) is 7.05 Å². The summed E-state index contributed by atoms with van der Waals surface area (Å²) in [7, 11) is 4.14. The first-order valence-electron chi connectivity index (χ1n) is 7.31. The van der Waals surface area contributed by atoms with Crippen LogP contribution in [0.15, 0.2) is 18.3 Å². The molecule has 0 spiro atoms. The molecule has 3 rings (SSSR count). The summed E-state index contributed by atoms with van der Waals surface area (Å²) in [6.45, 7) is 2.09. The molecule has 2 fully saturated rings. The van der Waals surface area contributed by atoms with Crippen molar-refractivity contribution >= 4 is 5.91 Å². The Morgan fingerprint density at radius 2 is 1.89 bits per heavy atom. The number of hydrogen-bond acceptors (Lipinski definition) is 2. The lowest BCUT2D eigenvalue weighted by Crippen LogP contribution is -2.47. The molecule has 3 heterocycles. The number of hydrogen-bond donors (Lipinski definition) is 0. The number of carbonyl (C=O) groups is 1. The number of nitrogens with zero attached hydrogens (tertiary/aromatic N) is 3. The van der Waals surface area contributed by atoms with E-state index in [4.69, 9.17) is 0 Å². The van der Waals surface area contributed by atoms with Gasteiger partial charge in [0, 0.05) is 31.9 Å². The van der Waals surface area contributed by atoms with Gasteiger partial charge in [-0.25, -0.2) is 0 Å². The third kappa shape index (κ3) is 2.18. The van der Waals surface area contributed by atoms with Crippen LogP contribution in [-0.2, 0) is 7.05 Å². The van der Waals surface area contributed by atoms with Crippen LogP contribution in [0.25, 0.3) is 0 Å². The van der Waals surface area contributed by atoms with E-state index in [0.29, 0.717) is 12.1 Å². The van der Waals surface area contributed by atoms with Gasteiger partial charge in [-0.2, -0.15) is 0 Å². The fourth-order valence-electron chi connectivity index (χ4n) is 3.70. The molecular formula is C15H23N3O. The number of likely N-dealkylation sites (N-methyl/N-ethyl adjacent to an activating group) is 1. The van der Waals surface area contributed by atoms with Crippen molar-refractivity contribution in [3.05, 3.63) is 24.0 Å². The van der Waals surface area contributed by atoms with Gasteiger partial charge in [0.05, 0.1) is 0 Å². The number of carbonyl (C=O) groups excluding carboxylic acids is 1. The Hall–Kier alpha value is -1.29. The summed E-state index contributed by atoms with van der Waals surface area (Å²) in [6.07, 6.45) is 6.75. The van der Waals surface area contributed by atoms with E-state index in [-0.39, 0.29) is 5.91 Å². The fraction of sp³-hybridized carbons (Fsp3) is 0.667. The van der Waals surface area contributed by atoms with E-state index >= 15 is 0 Å². The molecule has 0 bridgehead atoms. The monoisotopic (exact) mass is 261 g/mol. The summed E-state index contributed by atoms with van der Waals surface area (Å²) in [5.74, 6) is 0.204. The summed E-state index contributed by atoms with van der Waals surface area (Å²) >= 11 is 0. The van der Waals surface area contributed by atoms with E-state index < -0.39 is 0 Å². The summed E-state index contributed by atoms with van der Waals surface area (Å²) in [4.78, 5) is 17.2. The molecule has 0 radical (unpaired) electrons. The standard InChI is InChI=1S/C15H23N3O/c1-16-9-3-6-12(16)13-7-5-11-18(13)15(19)14-8-4-10-17(14)2/h4,8,10,12-13H,3,5-7,9,11H2,1-2H3/t12-,13-/m0/s1. The van der Waals surface area contributed by atoms with Gasteiger partial charge in [0.25, 0.3) is 5.91 Å². The van der Waals surface area contributed by atoms with Gasteiger partial charge in [-0.3, -0.25) is 4.79 Å². The lowest BCUT2D eigenvalue weighted by Gasteiger charge is -2.33. The Morgan fingerprint density at radius 3 is 2.53 bits per heavy atom. The van der Waals surface area contributed by atoms with E-state index in [1.807, 2.05) is 29.9 Å². The quantitative estimate of drug-likeness (QED) is 0.811. The van der Waals surface area contributed by atoms with Gasteiger partial charge in [-0.15, -0.1) is 0 Å². The Balaban J connectivity index is 1.80. The summed E-state index contributed by atoms with van der Waals surface area (Å²) < 4.78 is 1.93. The maximum absolute atomic E-state index is 12.7. The molecule has 19 heavy (non-hydrogen) atoms. The molecule has 4 nitrogen and oxygen atoms in total. The van der Waals surface area contributed by atoms with Gasteiger partial charge in [-0.1, -0.05) is 0 Å². The molecule has 2 saturated heterocycles. The Bertz CT molecular complexity index is 468. The van der Waals surface area contributed by atoms with Crippen LogP contribution in [0.2, 0.25) is 0 Å². The van der Waals surface area contributed by atoms with Crippen molar-refractivity contribution in [1.29, 1.82) is 0 Å². The van der Waals surface area contributed by atoms with Crippen molar-refractivity contribution < 1.29 is 4.79 Å². The van der Waals surface area contributed by atoms with Crippen molar-refractivity contribution in [2.75, 3.05) is 20.1 Å². The second kappa shape index (κ2) is 5.00. The van der Waals surface area contributed by atoms with E-state index in [9.17, 15) is 4.79 Å². The first-order chi connectivity index (χ1) is 9.18. The van der Waals surface area contributed by atoms with Crippen molar-refractivity contribution in [3.63, 3.8) is 0 Å². The van der Waals surface area contributed by atoms with Crippen molar-refractivity contribution in [3.8, 4) is 0 Å². The molecule has 0 aliphatic carbocycles. The van der Waals surface area contributed by atoms with Gasteiger partial charge >= 0.3 is 0 Å². The summed E-state index contributed by atoms with van der Waals surface area (Å²) in [5.41, 5.74) is 0.813.